The highest BCUT2D eigenvalue weighted by molar-refractivity contribution is 6.31. The number of hydrogen-bond acceptors (Lipinski definition) is 4. The maximum atomic E-state index is 6.29. The summed E-state index contributed by atoms with van der Waals surface area (Å²) in [5.74, 6) is 0.777. The highest BCUT2D eigenvalue weighted by Gasteiger charge is 2.19. The summed E-state index contributed by atoms with van der Waals surface area (Å²) in [6.07, 6.45) is 4.22. The smallest absolute Gasteiger partial charge is 0.145 e. The van der Waals surface area contributed by atoms with Gasteiger partial charge in [-0.05, 0) is 19.5 Å². The maximum absolute atomic E-state index is 6.29. The zero-order valence-electron chi connectivity index (χ0n) is 11.4. The molecule has 1 N–H and O–H groups in total. The van der Waals surface area contributed by atoms with E-state index >= 15 is 0 Å². The second-order valence-electron chi connectivity index (χ2n) is 4.39. The summed E-state index contributed by atoms with van der Waals surface area (Å²) in [6.45, 7) is 4.82. The van der Waals surface area contributed by atoms with Gasteiger partial charge in [-0.15, -0.1) is 0 Å². The number of aryl methyl sites for hydroxylation is 2. The number of likely N-dealkylation sites (N-methyl/N-ethyl adjacent to an activating group) is 1. The van der Waals surface area contributed by atoms with Gasteiger partial charge in [0.25, 0.3) is 0 Å². The van der Waals surface area contributed by atoms with Gasteiger partial charge in [-0.3, -0.25) is 4.68 Å². The summed E-state index contributed by atoms with van der Waals surface area (Å²) >= 11 is 6.29. The fraction of sp³-hybridized carbons (Fsp3) is 0.462. The molecular formula is C13H18ClN5. The molecule has 0 aliphatic rings. The number of nitrogens with zero attached hydrogens (tertiary/aromatic N) is 4. The van der Waals surface area contributed by atoms with E-state index in [2.05, 4.69) is 27.3 Å². The molecule has 0 spiro atoms. The molecule has 0 radical (unpaired) electrons. The van der Waals surface area contributed by atoms with Crippen LogP contribution in [0.25, 0.3) is 0 Å². The Morgan fingerprint density at radius 1 is 1.37 bits per heavy atom. The Kier molecular flexibility index (Phi) is 4.50. The lowest BCUT2D eigenvalue weighted by Crippen LogP contribution is -2.25. The van der Waals surface area contributed by atoms with Crippen LogP contribution in [0, 0.1) is 6.92 Å². The van der Waals surface area contributed by atoms with E-state index in [1.165, 1.54) is 0 Å². The van der Waals surface area contributed by atoms with Crippen molar-refractivity contribution in [2.45, 2.75) is 26.3 Å². The van der Waals surface area contributed by atoms with Gasteiger partial charge in [-0.1, -0.05) is 18.5 Å². The molecule has 2 aromatic rings. The fourth-order valence-corrected chi connectivity index (χ4v) is 2.32. The lowest BCUT2D eigenvalue weighted by Gasteiger charge is -2.16. The normalized spacial score (nSPS) is 12.6. The van der Waals surface area contributed by atoms with E-state index in [0.717, 1.165) is 28.8 Å². The first-order chi connectivity index (χ1) is 9.13. The lowest BCUT2D eigenvalue weighted by atomic mass is 10.1. The largest absolute Gasteiger partial charge is 0.307 e. The minimum atomic E-state index is 0.0403. The Hall–Kier alpha value is -1.46. The molecule has 1 atom stereocenters. The van der Waals surface area contributed by atoms with Crippen LogP contribution in [0.1, 0.15) is 30.2 Å². The third kappa shape index (κ3) is 3.11. The molecule has 19 heavy (non-hydrogen) atoms. The van der Waals surface area contributed by atoms with Gasteiger partial charge in [0.05, 0.1) is 22.5 Å². The van der Waals surface area contributed by atoms with Gasteiger partial charge in [0.15, 0.2) is 0 Å². The number of nitrogens with one attached hydrogen (secondary N) is 1. The van der Waals surface area contributed by atoms with Crippen LogP contribution in [0.5, 0.6) is 0 Å². The van der Waals surface area contributed by atoms with Gasteiger partial charge >= 0.3 is 0 Å². The Labute approximate surface area is 118 Å². The standard InChI is InChI=1S/C13H18ClN5/c1-4-15-10(13-16-6-5-7-17-13)8-11-12(14)9(2)18-19(11)3/h5-7,10,15H,4,8H2,1-3H3. The van der Waals surface area contributed by atoms with Crippen molar-refractivity contribution < 1.29 is 0 Å². The van der Waals surface area contributed by atoms with Gasteiger partial charge in [-0.25, -0.2) is 9.97 Å². The average Bonchev–Trinajstić information content (AvgIpc) is 2.65. The molecule has 0 aromatic carbocycles. The third-order valence-electron chi connectivity index (χ3n) is 3.01. The van der Waals surface area contributed by atoms with Gasteiger partial charge in [-0.2, -0.15) is 5.10 Å². The van der Waals surface area contributed by atoms with Crippen molar-refractivity contribution in [3.63, 3.8) is 0 Å². The predicted molar refractivity (Wildman–Crippen MR) is 75.1 cm³/mol. The Morgan fingerprint density at radius 2 is 2.05 bits per heavy atom. The molecule has 0 amide bonds. The van der Waals surface area contributed by atoms with Crippen LogP contribution in [0.2, 0.25) is 5.02 Å². The fourth-order valence-electron chi connectivity index (χ4n) is 2.09. The van der Waals surface area contributed by atoms with Gasteiger partial charge in [0.1, 0.15) is 5.82 Å². The highest BCUT2D eigenvalue weighted by Crippen LogP contribution is 2.24. The zero-order chi connectivity index (χ0) is 13.8. The van der Waals surface area contributed by atoms with Crippen molar-refractivity contribution >= 4 is 11.6 Å². The molecule has 0 fully saturated rings. The SMILES string of the molecule is CCNC(Cc1c(Cl)c(C)nn1C)c1ncccn1. The zero-order valence-corrected chi connectivity index (χ0v) is 12.1. The van der Waals surface area contributed by atoms with Crippen LogP contribution in [0.15, 0.2) is 18.5 Å². The van der Waals surface area contributed by atoms with E-state index < -0.39 is 0 Å². The molecule has 0 saturated carbocycles. The van der Waals surface area contributed by atoms with Crippen molar-refractivity contribution in [1.29, 1.82) is 0 Å². The number of rotatable bonds is 5. The van der Waals surface area contributed by atoms with Crippen molar-refractivity contribution in [2.75, 3.05) is 6.54 Å². The van der Waals surface area contributed by atoms with Crippen molar-refractivity contribution in [3.05, 3.63) is 40.7 Å². The van der Waals surface area contributed by atoms with Crippen LogP contribution in [0.3, 0.4) is 0 Å². The monoisotopic (exact) mass is 279 g/mol. The lowest BCUT2D eigenvalue weighted by molar-refractivity contribution is 0.504. The Morgan fingerprint density at radius 3 is 2.58 bits per heavy atom. The molecule has 0 bridgehead atoms. The van der Waals surface area contributed by atoms with E-state index in [1.807, 2.05) is 24.7 Å². The van der Waals surface area contributed by atoms with Crippen molar-refractivity contribution in [3.8, 4) is 0 Å². The molecular weight excluding hydrogens is 262 g/mol. The summed E-state index contributed by atoms with van der Waals surface area (Å²) in [5, 5.41) is 8.44. The van der Waals surface area contributed by atoms with E-state index in [1.54, 1.807) is 12.4 Å². The minimum Gasteiger partial charge on any atom is -0.307 e. The van der Waals surface area contributed by atoms with Gasteiger partial charge < -0.3 is 5.32 Å². The summed E-state index contributed by atoms with van der Waals surface area (Å²) < 4.78 is 1.82. The first kappa shape index (κ1) is 14.0. The average molecular weight is 280 g/mol. The summed E-state index contributed by atoms with van der Waals surface area (Å²) in [5.41, 5.74) is 1.85. The molecule has 0 aliphatic heterocycles. The second kappa shape index (κ2) is 6.12. The Balaban J connectivity index is 2.26. The molecule has 1 unspecified atom stereocenters. The Bertz CT molecular complexity index is 537. The number of hydrogen-bond donors (Lipinski definition) is 1. The van der Waals surface area contributed by atoms with Gasteiger partial charge in [0.2, 0.25) is 0 Å². The second-order valence-corrected chi connectivity index (χ2v) is 4.77. The van der Waals surface area contributed by atoms with E-state index in [9.17, 15) is 0 Å². The van der Waals surface area contributed by atoms with Crippen molar-refractivity contribution in [2.24, 2.45) is 7.05 Å². The van der Waals surface area contributed by atoms with E-state index in [0.29, 0.717) is 6.42 Å². The molecule has 2 rings (SSSR count). The minimum absolute atomic E-state index is 0.0403. The first-order valence-corrected chi connectivity index (χ1v) is 6.69. The summed E-state index contributed by atoms with van der Waals surface area (Å²) in [4.78, 5) is 8.63. The molecule has 0 saturated heterocycles. The molecule has 102 valence electrons. The first-order valence-electron chi connectivity index (χ1n) is 6.31. The number of halogens is 1. The highest BCUT2D eigenvalue weighted by atomic mass is 35.5. The van der Waals surface area contributed by atoms with Crippen LogP contribution >= 0.6 is 11.6 Å². The van der Waals surface area contributed by atoms with Crippen LogP contribution in [-0.2, 0) is 13.5 Å². The molecule has 2 aromatic heterocycles. The predicted octanol–water partition coefficient (Wildman–Crippen LogP) is 2.07. The van der Waals surface area contributed by atoms with Crippen LogP contribution < -0.4 is 5.32 Å². The van der Waals surface area contributed by atoms with Crippen molar-refractivity contribution in [1.82, 2.24) is 25.1 Å². The van der Waals surface area contributed by atoms with Crippen LogP contribution in [0.4, 0.5) is 0 Å². The van der Waals surface area contributed by atoms with Crippen LogP contribution in [-0.4, -0.2) is 26.3 Å². The van der Waals surface area contributed by atoms with Gasteiger partial charge in [0, 0.05) is 25.9 Å². The van der Waals surface area contributed by atoms with E-state index in [4.69, 9.17) is 11.6 Å². The third-order valence-corrected chi connectivity index (χ3v) is 3.50. The quantitative estimate of drug-likeness (QED) is 0.910. The topological polar surface area (TPSA) is 55.6 Å². The number of aromatic nitrogens is 4. The molecule has 5 nitrogen and oxygen atoms in total. The molecule has 2 heterocycles. The summed E-state index contributed by atoms with van der Waals surface area (Å²) in [7, 11) is 1.91. The summed E-state index contributed by atoms with van der Waals surface area (Å²) in [6, 6.07) is 1.85. The molecule has 6 heteroatoms. The molecule has 0 aliphatic carbocycles. The van der Waals surface area contributed by atoms with E-state index in [-0.39, 0.29) is 6.04 Å². The maximum Gasteiger partial charge on any atom is 0.145 e.